The van der Waals surface area contributed by atoms with Crippen LogP contribution in [0.25, 0.3) is 11.0 Å². The lowest BCUT2D eigenvalue weighted by Gasteiger charge is -1.86. The number of hydrogen-bond donors (Lipinski definition) is 1. The summed E-state index contributed by atoms with van der Waals surface area (Å²) in [4.78, 5) is 1.48. The van der Waals surface area contributed by atoms with Crippen LogP contribution < -0.4 is 5.73 Å². The van der Waals surface area contributed by atoms with Gasteiger partial charge in [0.25, 0.3) is 0 Å². The molecule has 1 heterocycles. The zero-order valence-corrected chi connectivity index (χ0v) is 5.94. The van der Waals surface area contributed by atoms with E-state index < -0.39 is 0 Å². The third-order valence-corrected chi connectivity index (χ3v) is 1.49. The first-order valence-corrected chi connectivity index (χ1v) is 3.40. The summed E-state index contributed by atoms with van der Waals surface area (Å²) < 4.78 is 0. The van der Waals surface area contributed by atoms with Gasteiger partial charge in [0.05, 0.1) is 0 Å². The lowest BCUT2D eigenvalue weighted by molar-refractivity contribution is 0.561. The normalized spacial score (nSPS) is 10.6. The number of fused-ring (bicyclic) bond motifs is 1. The highest BCUT2D eigenvalue weighted by Gasteiger charge is 1.97. The molecule has 2 N–H and O–H groups in total. The molecule has 0 atom stereocenters. The summed E-state index contributed by atoms with van der Waals surface area (Å²) in [5, 5.41) is 8.22. The largest absolute Gasteiger partial charge is 0.311 e. The standard InChI is InChI=1S/C7H8N4/c8-5-11-9-6-3-1-2-4-7(6)10-11/h1-4H,5,8H2. The molecule has 4 heteroatoms. The Morgan fingerprint density at radius 1 is 1.18 bits per heavy atom. The molecular weight excluding hydrogens is 140 g/mol. The molecule has 0 aliphatic heterocycles. The Balaban J connectivity index is 2.69. The van der Waals surface area contributed by atoms with Gasteiger partial charge in [-0.25, -0.2) is 0 Å². The van der Waals surface area contributed by atoms with E-state index in [0.29, 0.717) is 6.67 Å². The van der Waals surface area contributed by atoms with Gasteiger partial charge in [0, 0.05) is 0 Å². The van der Waals surface area contributed by atoms with Crippen LogP contribution in [0.15, 0.2) is 24.3 Å². The van der Waals surface area contributed by atoms with Crippen molar-refractivity contribution < 1.29 is 0 Å². The average molecular weight is 148 g/mol. The molecule has 0 aliphatic rings. The quantitative estimate of drug-likeness (QED) is 0.634. The summed E-state index contributed by atoms with van der Waals surface area (Å²) in [6, 6.07) is 7.68. The molecule has 0 radical (unpaired) electrons. The van der Waals surface area contributed by atoms with Crippen molar-refractivity contribution in [1.82, 2.24) is 15.0 Å². The second kappa shape index (κ2) is 2.32. The van der Waals surface area contributed by atoms with Crippen molar-refractivity contribution in [1.29, 1.82) is 0 Å². The number of rotatable bonds is 1. The van der Waals surface area contributed by atoms with Crippen molar-refractivity contribution in [3.8, 4) is 0 Å². The molecule has 4 nitrogen and oxygen atoms in total. The fourth-order valence-corrected chi connectivity index (χ4v) is 0.986. The predicted octanol–water partition coefficient (Wildman–Crippen LogP) is 0.347. The Kier molecular flexibility index (Phi) is 1.33. The van der Waals surface area contributed by atoms with E-state index >= 15 is 0 Å². The van der Waals surface area contributed by atoms with Crippen LogP contribution in [0, 0.1) is 0 Å². The van der Waals surface area contributed by atoms with Gasteiger partial charge in [-0.1, -0.05) is 12.1 Å². The molecule has 0 saturated carbocycles. The number of aromatic nitrogens is 3. The molecule has 0 saturated heterocycles. The average Bonchev–Trinajstić information content (AvgIpc) is 2.46. The van der Waals surface area contributed by atoms with Crippen molar-refractivity contribution in [2.24, 2.45) is 5.73 Å². The Hall–Kier alpha value is -1.42. The van der Waals surface area contributed by atoms with Crippen molar-refractivity contribution in [2.75, 3.05) is 0 Å². The minimum absolute atomic E-state index is 0.328. The highest BCUT2D eigenvalue weighted by Crippen LogP contribution is 2.05. The van der Waals surface area contributed by atoms with E-state index in [1.807, 2.05) is 24.3 Å². The van der Waals surface area contributed by atoms with Gasteiger partial charge in [-0.05, 0) is 12.1 Å². The van der Waals surface area contributed by atoms with E-state index in [1.54, 1.807) is 0 Å². The van der Waals surface area contributed by atoms with Crippen LogP contribution in [0.3, 0.4) is 0 Å². The molecule has 0 spiro atoms. The lowest BCUT2D eigenvalue weighted by Crippen LogP contribution is -2.09. The molecule has 0 bridgehead atoms. The number of hydrogen-bond acceptors (Lipinski definition) is 3. The van der Waals surface area contributed by atoms with Gasteiger partial charge in [-0.15, -0.1) is 0 Å². The van der Waals surface area contributed by atoms with Crippen LogP contribution in [-0.4, -0.2) is 15.0 Å². The van der Waals surface area contributed by atoms with Crippen molar-refractivity contribution in [2.45, 2.75) is 6.67 Å². The summed E-state index contributed by atoms with van der Waals surface area (Å²) in [5.74, 6) is 0. The second-order valence-corrected chi connectivity index (χ2v) is 2.24. The topological polar surface area (TPSA) is 56.7 Å². The van der Waals surface area contributed by atoms with Crippen molar-refractivity contribution in [3.05, 3.63) is 24.3 Å². The molecular formula is C7H8N4. The Labute approximate surface area is 63.6 Å². The number of nitrogens with two attached hydrogens (primary N) is 1. The SMILES string of the molecule is NCn1nc2ccccc2n1. The molecule has 1 aromatic heterocycles. The monoisotopic (exact) mass is 148 g/mol. The summed E-state index contributed by atoms with van der Waals surface area (Å²) in [7, 11) is 0. The summed E-state index contributed by atoms with van der Waals surface area (Å²) in [6.45, 7) is 0.328. The molecule has 56 valence electrons. The Bertz CT molecular complexity index is 332. The number of benzene rings is 1. The molecule has 0 amide bonds. The number of nitrogens with zero attached hydrogens (tertiary/aromatic N) is 3. The zero-order chi connectivity index (χ0) is 7.68. The molecule has 1 aromatic carbocycles. The smallest absolute Gasteiger partial charge is 0.113 e. The van der Waals surface area contributed by atoms with Gasteiger partial charge in [0.1, 0.15) is 17.7 Å². The fourth-order valence-electron chi connectivity index (χ4n) is 0.986. The lowest BCUT2D eigenvalue weighted by atomic mass is 10.3. The zero-order valence-electron chi connectivity index (χ0n) is 5.94. The summed E-state index contributed by atoms with van der Waals surface area (Å²) in [6.07, 6.45) is 0. The van der Waals surface area contributed by atoms with Gasteiger partial charge in [-0.2, -0.15) is 15.0 Å². The van der Waals surface area contributed by atoms with Crippen LogP contribution in [-0.2, 0) is 6.67 Å². The van der Waals surface area contributed by atoms with Gasteiger partial charge >= 0.3 is 0 Å². The Morgan fingerprint density at radius 2 is 1.73 bits per heavy atom. The second-order valence-electron chi connectivity index (χ2n) is 2.24. The molecule has 2 aromatic rings. The van der Waals surface area contributed by atoms with Gasteiger partial charge < -0.3 is 5.73 Å². The molecule has 0 fully saturated rings. The maximum Gasteiger partial charge on any atom is 0.113 e. The van der Waals surface area contributed by atoms with Crippen molar-refractivity contribution >= 4 is 11.0 Å². The third kappa shape index (κ3) is 0.969. The first kappa shape index (κ1) is 6.30. The minimum Gasteiger partial charge on any atom is -0.311 e. The maximum absolute atomic E-state index is 5.35. The molecule has 0 aliphatic carbocycles. The Morgan fingerprint density at radius 3 is 2.18 bits per heavy atom. The third-order valence-electron chi connectivity index (χ3n) is 1.49. The highest BCUT2D eigenvalue weighted by molar-refractivity contribution is 5.72. The van der Waals surface area contributed by atoms with E-state index in [9.17, 15) is 0 Å². The first-order valence-electron chi connectivity index (χ1n) is 3.40. The summed E-state index contributed by atoms with van der Waals surface area (Å²) in [5.41, 5.74) is 7.13. The van der Waals surface area contributed by atoms with E-state index in [1.165, 1.54) is 4.80 Å². The maximum atomic E-state index is 5.35. The predicted molar refractivity (Wildman–Crippen MR) is 41.7 cm³/mol. The highest BCUT2D eigenvalue weighted by atomic mass is 15.5. The van der Waals surface area contributed by atoms with Crippen LogP contribution in [0.4, 0.5) is 0 Å². The molecule has 0 unspecified atom stereocenters. The fraction of sp³-hybridized carbons (Fsp3) is 0.143. The first-order chi connectivity index (χ1) is 5.40. The molecule has 2 rings (SSSR count). The van der Waals surface area contributed by atoms with Crippen LogP contribution in [0.1, 0.15) is 0 Å². The van der Waals surface area contributed by atoms with Gasteiger partial charge in [0.2, 0.25) is 0 Å². The van der Waals surface area contributed by atoms with Gasteiger partial charge in [-0.3, -0.25) is 0 Å². The van der Waals surface area contributed by atoms with Crippen LogP contribution in [0.2, 0.25) is 0 Å². The van der Waals surface area contributed by atoms with Crippen molar-refractivity contribution in [3.63, 3.8) is 0 Å². The van der Waals surface area contributed by atoms with E-state index in [0.717, 1.165) is 11.0 Å². The summed E-state index contributed by atoms with van der Waals surface area (Å²) >= 11 is 0. The van der Waals surface area contributed by atoms with Gasteiger partial charge in [0.15, 0.2) is 0 Å². The molecule has 11 heavy (non-hydrogen) atoms. The van der Waals surface area contributed by atoms with Crippen LogP contribution in [0.5, 0.6) is 0 Å². The minimum atomic E-state index is 0.328. The van der Waals surface area contributed by atoms with Crippen LogP contribution >= 0.6 is 0 Å². The van der Waals surface area contributed by atoms with E-state index in [2.05, 4.69) is 10.2 Å². The van der Waals surface area contributed by atoms with E-state index in [-0.39, 0.29) is 0 Å². The van der Waals surface area contributed by atoms with E-state index in [4.69, 9.17) is 5.73 Å².